The fourth-order valence-corrected chi connectivity index (χ4v) is 5.62. The number of nitrogens with two attached hydrogens (primary N) is 1. The van der Waals surface area contributed by atoms with Crippen LogP contribution in [0.2, 0.25) is 0 Å². The van der Waals surface area contributed by atoms with E-state index < -0.39 is 37.7 Å². The van der Waals surface area contributed by atoms with Gasteiger partial charge in [-0.25, -0.2) is 24.8 Å². The van der Waals surface area contributed by atoms with Crippen molar-refractivity contribution in [1.82, 2.24) is 24.6 Å². The summed E-state index contributed by atoms with van der Waals surface area (Å²) in [6.07, 6.45) is 2.99. The van der Waals surface area contributed by atoms with E-state index in [4.69, 9.17) is 24.5 Å². The molecule has 3 N–H and O–H groups in total. The highest BCUT2D eigenvalue weighted by molar-refractivity contribution is 7.56. The minimum Gasteiger partial charge on any atom is -0.462 e. The molecule has 200 valence electrons. The molecule has 0 amide bonds. The van der Waals surface area contributed by atoms with E-state index in [1.807, 2.05) is 0 Å². The summed E-state index contributed by atoms with van der Waals surface area (Å²) in [5.41, 5.74) is 5.69. The molecule has 0 radical (unpaired) electrons. The Balaban J connectivity index is 1.71. The van der Waals surface area contributed by atoms with Gasteiger partial charge in [-0.05, 0) is 53.9 Å². The monoisotopic (exact) mass is 526 g/mol. The quantitative estimate of drug-likeness (QED) is 0.289. The van der Waals surface area contributed by atoms with Crippen LogP contribution in [0, 0.1) is 0 Å². The summed E-state index contributed by atoms with van der Waals surface area (Å²) in [5.74, 6) is -0.913. The Kier molecular flexibility index (Phi) is 9.04. The number of ether oxygens (including phenoxy) is 3. The van der Waals surface area contributed by atoms with Crippen molar-refractivity contribution in [2.75, 3.05) is 18.7 Å². The molecule has 0 spiro atoms. The zero-order valence-electron chi connectivity index (χ0n) is 21.3. The zero-order chi connectivity index (χ0) is 26.5. The molecule has 14 heteroatoms. The molecule has 2 aromatic heterocycles. The number of nitrogen functional groups attached to an aromatic ring is 1. The maximum absolute atomic E-state index is 13.8. The van der Waals surface area contributed by atoms with Gasteiger partial charge in [0.2, 0.25) is 0 Å². The number of anilines is 1. The van der Waals surface area contributed by atoms with Crippen LogP contribution in [0.1, 0.15) is 53.9 Å². The van der Waals surface area contributed by atoms with Gasteiger partial charge in [0.05, 0.1) is 31.2 Å². The second kappa shape index (κ2) is 11.6. The summed E-state index contributed by atoms with van der Waals surface area (Å²) >= 11 is 0. The highest BCUT2D eigenvalue weighted by atomic mass is 31.2. The minimum absolute atomic E-state index is 0.266. The fourth-order valence-electron chi connectivity index (χ4n) is 3.69. The van der Waals surface area contributed by atoms with Crippen molar-refractivity contribution < 1.29 is 32.9 Å². The van der Waals surface area contributed by atoms with Crippen LogP contribution in [0.25, 0.3) is 11.2 Å². The number of hydrogen-bond donors (Lipinski definition) is 2. The van der Waals surface area contributed by atoms with E-state index >= 15 is 0 Å². The van der Waals surface area contributed by atoms with Gasteiger partial charge in [-0.15, -0.1) is 0 Å². The van der Waals surface area contributed by atoms with Gasteiger partial charge < -0.3 is 29.0 Å². The zero-order valence-corrected chi connectivity index (χ0v) is 22.2. The van der Waals surface area contributed by atoms with Gasteiger partial charge in [0.1, 0.15) is 23.7 Å². The lowest BCUT2D eigenvalue weighted by Gasteiger charge is -2.42. The summed E-state index contributed by atoms with van der Waals surface area (Å²) in [7, 11) is -3.84. The first-order chi connectivity index (χ1) is 16.9. The van der Waals surface area contributed by atoms with Gasteiger partial charge in [0.25, 0.3) is 7.52 Å². The Labute approximate surface area is 209 Å². The van der Waals surface area contributed by atoms with Crippen molar-refractivity contribution in [3.8, 4) is 0 Å². The molecule has 1 saturated carbocycles. The van der Waals surface area contributed by atoms with E-state index in [2.05, 4.69) is 20.0 Å². The van der Waals surface area contributed by atoms with Gasteiger partial charge >= 0.3 is 11.9 Å². The average molecular weight is 527 g/mol. The topological polar surface area (TPSA) is 170 Å². The van der Waals surface area contributed by atoms with Crippen LogP contribution < -0.4 is 10.8 Å². The first-order valence-corrected chi connectivity index (χ1v) is 13.7. The smallest absolute Gasteiger partial charge is 0.332 e. The summed E-state index contributed by atoms with van der Waals surface area (Å²) in [5, 5.41) is 2.88. The second-order valence-corrected chi connectivity index (χ2v) is 11.5. The van der Waals surface area contributed by atoms with E-state index in [1.165, 1.54) is 6.33 Å². The summed E-state index contributed by atoms with van der Waals surface area (Å²) < 4.78 is 37.4. The molecule has 2 atom stereocenters. The Morgan fingerprint density at radius 1 is 1.14 bits per heavy atom. The highest BCUT2D eigenvalue weighted by Gasteiger charge is 2.50. The third-order valence-corrected chi connectivity index (χ3v) is 7.30. The predicted molar refractivity (Wildman–Crippen MR) is 131 cm³/mol. The summed E-state index contributed by atoms with van der Waals surface area (Å²) in [4.78, 5) is 37.2. The summed E-state index contributed by atoms with van der Waals surface area (Å²) in [6.45, 7) is 8.42. The molecule has 36 heavy (non-hydrogen) atoms. The fraction of sp³-hybridized carbons (Fsp3) is 0.682. The number of nitrogens with zero attached hydrogens (tertiary/aromatic N) is 4. The van der Waals surface area contributed by atoms with Gasteiger partial charge in [-0.2, -0.15) is 0 Å². The van der Waals surface area contributed by atoms with Gasteiger partial charge in [0, 0.05) is 0 Å². The molecule has 1 unspecified atom stereocenters. The summed E-state index contributed by atoms with van der Waals surface area (Å²) in [6, 6.07) is 0. The molecular weight excluding hydrogens is 491 g/mol. The van der Waals surface area contributed by atoms with E-state index in [1.54, 1.807) is 45.5 Å². The van der Waals surface area contributed by atoms with Crippen molar-refractivity contribution in [2.24, 2.45) is 0 Å². The van der Waals surface area contributed by atoms with E-state index in [-0.39, 0.29) is 24.4 Å². The lowest BCUT2D eigenvalue weighted by Crippen LogP contribution is -2.57. The molecule has 0 aromatic carbocycles. The molecule has 2 aromatic rings. The number of rotatable bonds is 13. The van der Waals surface area contributed by atoms with Crippen LogP contribution in [0.3, 0.4) is 0 Å². The van der Waals surface area contributed by atoms with Gasteiger partial charge in [0.15, 0.2) is 18.1 Å². The SMILES string of the molecule is CC(C)OC(=O)COP(=O)(CO[C@H](C)Cn1cnc2c(N)ncnc21)NC1(C(=O)OC(C)C)CCC1. The maximum Gasteiger partial charge on any atom is 0.332 e. The lowest BCUT2D eigenvalue weighted by atomic mass is 9.78. The predicted octanol–water partition coefficient (Wildman–Crippen LogP) is 2.40. The number of hydrogen-bond acceptors (Lipinski definition) is 11. The third kappa shape index (κ3) is 7.00. The Morgan fingerprint density at radius 2 is 1.83 bits per heavy atom. The standard InChI is InChI=1S/C22H35N6O7P/c1-14(2)34-17(29)10-33-36(31,27-22(7-6-8-22)21(30)35-15(3)4)13-32-16(5)9-28-12-26-18-19(23)24-11-25-20(18)28/h11-12,14-16H,6-10,13H2,1-5H3,(H,27,31)(H2,23,24,25)/t16-,36?/m1/s1. The number of imidazole rings is 1. The number of nitrogens with one attached hydrogen (secondary N) is 1. The number of carbonyl (C=O) groups is 2. The minimum atomic E-state index is -3.84. The van der Waals surface area contributed by atoms with Crippen molar-refractivity contribution in [3.05, 3.63) is 12.7 Å². The number of aromatic nitrogens is 4. The van der Waals surface area contributed by atoms with Crippen LogP contribution in [0.5, 0.6) is 0 Å². The molecule has 1 aliphatic rings. The molecule has 0 aliphatic heterocycles. The first-order valence-electron chi connectivity index (χ1n) is 11.9. The van der Waals surface area contributed by atoms with Crippen molar-refractivity contribution in [2.45, 2.75) is 84.3 Å². The van der Waals surface area contributed by atoms with Crippen LogP contribution in [-0.4, -0.2) is 68.3 Å². The van der Waals surface area contributed by atoms with Crippen LogP contribution in [0.4, 0.5) is 5.82 Å². The Morgan fingerprint density at radius 3 is 2.44 bits per heavy atom. The van der Waals surface area contributed by atoms with Crippen molar-refractivity contribution in [1.29, 1.82) is 0 Å². The molecular formula is C22H35N6O7P. The number of esters is 2. The molecule has 0 saturated heterocycles. The first kappa shape index (κ1) is 28.0. The van der Waals surface area contributed by atoms with Crippen molar-refractivity contribution in [3.63, 3.8) is 0 Å². The average Bonchev–Trinajstić information content (AvgIpc) is 3.17. The Bertz CT molecular complexity index is 1120. The molecule has 2 heterocycles. The van der Waals surface area contributed by atoms with Crippen LogP contribution in [0.15, 0.2) is 12.7 Å². The highest BCUT2D eigenvalue weighted by Crippen LogP contribution is 2.49. The van der Waals surface area contributed by atoms with Crippen molar-refractivity contribution >= 4 is 36.4 Å². The third-order valence-electron chi connectivity index (χ3n) is 5.50. The van der Waals surface area contributed by atoms with Crippen LogP contribution >= 0.6 is 7.52 Å². The van der Waals surface area contributed by atoms with E-state index in [0.29, 0.717) is 30.6 Å². The Hall–Kier alpha value is -2.60. The second-order valence-electron chi connectivity index (χ2n) is 9.42. The molecule has 13 nitrogen and oxygen atoms in total. The van der Waals surface area contributed by atoms with Gasteiger partial charge in [-0.1, -0.05) is 0 Å². The molecule has 1 aliphatic carbocycles. The molecule has 0 bridgehead atoms. The van der Waals surface area contributed by atoms with Crippen LogP contribution in [-0.2, 0) is 39.4 Å². The lowest BCUT2D eigenvalue weighted by molar-refractivity contribution is -0.158. The molecule has 1 fully saturated rings. The maximum atomic E-state index is 13.8. The van der Waals surface area contributed by atoms with E-state index in [0.717, 1.165) is 6.42 Å². The molecule has 3 rings (SSSR count). The normalized spacial score (nSPS) is 17.5. The van der Waals surface area contributed by atoms with E-state index in [9.17, 15) is 14.2 Å². The number of carbonyl (C=O) groups excluding carboxylic acids is 2. The van der Waals surface area contributed by atoms with Gasteiger partial charge in [-0.3, -0.25) is 9.36 Å². The largest absolute Gasteiger partial charge is 0.462 e. The number of fused-ring (bicyclic) bond motifs is 1.